The summed E-state index contributed by atoms with van der Waals surface area (Å²) in [5.41, 5.74) is 2.76. The number of amides is 1. The highest BCUT2D eigenvalue weighted by Crippen LogP contribution is 2.14. The lowest BCUT2D eigenvalue weighted by Gasteiger charge is -2.21. The van der Waals surface area contributed by atoms with Crippen molar-refractivity contribution in [3.8, 4) is 0 Å². The number of anilines is 1. The second-order valence-corrected chi connectivity index (χ2v) is 6.79. The third-order valence-corrected chi connectivity index (χ3v) is 4.59. The molecule has 0 saturated carbocycles. The highest BCUT2D eigenvalue weighted by molar-refractivity contribution is 5.92. The second-order valence-electron chi connectivity index (χ2n) is 6.79. The van der Waals surface area contributed by atoms with Gasteiger partial charge in [-0.05, 0) is 43.5 Å². The Bertz CT molecular complexity index is 962. The molecule has 2 aromatic carbocycles. The zero-order valence-electron chi connectivity index (χ0n) is 16.7. The van der Waals surface area contributed by atoms with Crippen LogP contribution in [0, 0.1) is 12.7 Å². The van der Waals surface area contributed by atoms with E-state index in [9.17, 15) is 9.18 Å². The Balaban J connectivity index is 1.68. The molecule has 0 aliphatic rings. The van der Waals surface area contributed by atoms with E-state index < -0.39 is 0 Å². The molecule has 1 heterocycles. The molecule has 0 spiro atoms. The maximum atomic E-state index is 13.7. The average Bonchev–Trinajstić information content (AvgIpc) is 2.73. The fourth-order valence-corrected chi connectivity index (χ4v) is 3.04. The van der Waals surface area contributed by atoms with Crippen LogP contribution in [0.3, 0.4) is 0 Å². The van der Waals surface area contributed by atoms with Gasteiger partial charge in [0, 0.05) is 25.3 Å². The number of nitrogens with zero attached hydrogens (tertiary/aromatic N) is 3. The lowest BCUT2D eigenvalue weighted by molar-refractivity contribution is 0.0949. The number of aromatic nitrogens is 2. The van der Waals surface area contributed by atoms with Crippen molar-refractivity contribution in [3.63, 3.8) is 0 Å². The molecule has 0 unspecified atom stereocenters. The number of rotatable bonds is 8. The number of carbonyl (C=O) groups excluding carboxylic acids is 1. The summed E-state index contributed by atoms with van der Waals surface area (Å²) in [7, 11) is 0. The summed E-state index contributed by atoms with van der Waals surface area (Å²) < 4.78 is 13.7. The van der Waals surface area contributed by atoms with Crippen molar-refractivity contribution in [3.05, 3.63) is 89.0 Å². The fourth-order valence-electron chi connectivity index (χ4n) is 3.04. The summed E-state index contributed by atoms with van der Waals surface area (Å²) in [6, 6.07) is 18.3. The molecule has 0 aliphatic heterocycles. The number of hydrogen-bond donors (Lipinski definition) is 1. The van der Waals surface area contributed by atoms with E-state index in [0.29, 0.717) is 43.3 Å². The van der Waals surface area contributed by atoms with E-state index >= 15 is 0 Å². The Labute approximate surface area is 170 Å². The minimum Gasteiger partial charge on any atom is -0.350 e. The summed E-state index contributed by atoms with van der Waals surface area (Å²) in [5.74, 6) is -0.0270. The third kappa shape index (κ3) is 5.60. The normalized spacial score (nSPS) is 10.6. The van der Waals surface area contributed by atoms with Gasteiger partial charge < -0.3 is 10.2 Å². The molecule has 0 aliphatic carbocycles. The van der Waals surface area contributed by atoms with Crippen LogP contribution in [0.5, 0.6) is 0 Å². The Kier molecular flexibility index (Phi) is 6.89. The number of nitrogens with one attached hydrogen (secondary N) is 1. The molecule has 29 heavy (non-hydrogen) atoms. The van der Waals surface area contributed by atoms with Crippen molar-refractivity contribution < 1.29 is 9.18 Å². The Hall–Kier alpha value is -3.28. The molecular weight excluding hydrogens is 367 g/mol. The third-order valence-electron chi connectivity index (χ3n) is 4.59. The number of benzene rings is 2. The van der Waals surface area contributed by atoms with Crippen LogP contribution in [-0.4, -0.2) is 29.0 Å². The molecule has 0 radical (unpaired) electrons. The predicted octanol–water partition coefficient (Wildman–Crippen LogP) is 3.92. The first kappa shape index (κ1) is 20.5. The van der Waals surface area contributed by atoms with Gasteiger partial charge in [0.15, 0.2) is 0 Å². The van der Waals surface area contributed by atoms with Gasteiger partial charge in [0.25, 0.3) is 5.91 Å². The van der Waals surface area contributed by atoms with Crippen molar-refractivity contribution in [1.29, 1.82) is 0 Å². The predicted molar refractivity (Wildman–Crippen MR) is 112 cm³/mol. The van der Waals surface area contributed by atoms with Gasteiger partial charge in [-0.1, -0.05) is 48.5 Å². The van der Waals surface area contributed by atoms with Gasteiger partial charge in [0.2, 0.25) is 5.95 Å². The van der Waals surface area contributed by atoms with E-state index in [1.165, 1.54) is 6.07 Å². The highest BCUT2D eigenvalue weighted by atomic mass is 19.1. The van der Waals surface area contributed by atoms with Gasteiger partial charge in [-0.25, -0.2) is 14.4 Å². The lowest BCUT2D eigenvalue weighted by Crippen LogP contribution is -2.29. The monoisotopic (exact) mass is 392 g/mol. The van der Waals surface area contributed by atoms with Crippen LogP contribution in [0.2, 0.25) is 0 Å². The number of hydrogen-bond acceptors (Lipinski definition) is 4. The topological polar surface area (TPSA) is 58.1 Å². The molecule has 1 aromatic heterocycles. The summed E-state index contributed by atoms with van der Waals surface area (Å²) >= 11 is 0. The molecule has 0 saturated heterocycles. The standard InChI is InChI=1S/C23H25FN4O/c1-3-28(16-18-9-5-4-6-10-18)23-26-17(2)15-21(27-23)22(29)25-14-13-19-11-7-8-12-20(19)24/h4-12,15H,3,13-14,16H2,1-2H3,(H,25,29). The van der Waals surface area contributed by atoms with Crippen molar-refractivity contribution in [2.75, 3.05) is 18.0 Å². The van der Waals surface area contributed by atoms with Gasteiger partial charge in [-0.2, -0.15) is 0 Å². The van der Waals surface area contributed by atoms with Crippen molar-refractivity contribution in [2.24, 2.45) is 0 Å². The van der Waals surface area contributed by atoms with Crippen LogP contribution < -0.4 is 10.2 Å². The second kappa shape index (κ2) is 9.78. The maximum Gasteiger partial charge on any atom is 0.270 e. The number of halogens is 1. The van der Waals surface area contributed by atoms with Gasteiger partial charge in [0.05, 0.1) is 0 Å². The zero-order chi connectivity index (χ0) is 20.6. The van der Waals surface area contributed by atoms with E-state index in [1.54, 1.807) is 24.3 Å². The van der Waals surface area contributed by atoms with Crippen LogP contribution in [0.25, 0.3) is 0 Å². The SMILES string of the molecule is CCN(Cc1ccccc1)c1nc(C)cc(C(=O)NCCc2ccccc2F)n1. The molecule has 6 heteroatoms. The molecule has 1 N–H and O–H groups in total. The Morgan fingerprint density at radius 1 is 1.07 bits per heavy atom. The summed E-state index contributed by atoms with van der Waals surface area (Å²) in [6.45, 7) is 5.59. The first-order valence-corrected chi connectivity index (χ1v) is 9.73. The molecule has 0 atom stereocenters. The van der Waals surface area contributed by atoms with Crippen molar-refractivity contribution in [1.82, 2.24) is 15.3 Å². The van der Waals surface area contributed by atoms with Crippen LogP contribution in [-0.2, 0) is 13.0 Å². The number of carbonyl (C=O) groups is 1. The van der Waals surface area contributed by atoms with Gasteiger partial charge in [-0.15, -0.1) is 0 Å². The molecule has 150 valence electrons. The molecule has 5 nitrogen and oxygen atoms in total. The van der Waals surface area contributed by atoms with Crippen LogP contribution in [0.1, 0.15) is 34.2 Å². The molecule has 0 bridgehead atoms. The maximum absolute atomic E-state index is 13.7. The first-order valence-electron chi connectivity index (χ1n) is 9.73. The van der Waals surface area contributed by atoms with E-state index in [2.05, 4.69) is 27.4 Å². The van der Waals surface area contributed by atoms with E-state index in [0.717, 1.165) is 11.3 Å². The van der Waals surface area contributed by atoms with Gasteiger partial charge in [0.1, 0.15) is 11.5 Å². The Morgan fingerprint density at radius 2 is 1.79 bits per heavy atom. The first-order chi connectivity index (χ1) is 14.1. The van der Waals surface area contributed by atoms with Gasteiger partial charge >= 0.3 is 0 Å². The van der Waals surface area contributed by atoms with Crippen LogP contribution >= 0.6 is 0 Å². The quantitative estimate of drug-likeness (QED) is 0.631. The van der Waals surface area contributed by atoms with E-state index in [4.69, 9.17) is 0 Å². The summed E-state index contributed by atoms with van der Waals surface area (Å²) in [4.78, 5) is 23.6. The summed E-state index contributed by atoms with van der Waals surface area (Å²) in [5, 5.41) is 2.82. The highest BCUT2D eigenvalue weighted by Gasteiger charge is 2.15. The smallest absolute Gasteiger partial charge is 0.270 e. The lowest BCUT2D eigenvalue weighted by atomic mass is 10.1. The van der Waals surface area contributed by atoms with Gasteiger partial charge in [-0.3, -0.25) is 4.79 Å². The minimum absolute atomic E-state index is 0.263. The molecule has 1 amide bonds. The summed E-state index contributed by atoms with van der Waals surface area (Å²) in [6.07, 6.45) is 0.421. The van der Waals surface area contributed by atoms with Crippen molar-refractivity contribution >= 4 is 11.9 Å². The molecule has 3 aromatic rings. The molecule has 0 fully saturated rings. The number of aryl methyl sites for hydroxylation is 1. The van der Waals surface area contributed by atoms with E-state index in [1.807, 2.05) is 36.9 Å². The Morgan fingerprint density at radius 3 is 2.52 bits per heavy atom. The largest absolute Gasteiger partial charge is 0.350 e. The average molecular weight is 392 g/mol. The van der Waals surface area contributed by atoms with Crippen LogP contribution in [0.15, 0.2) is 60.7 Å². The fraction of sp³-hybridized carbons (Fsp3) is 0.261. The molecule has 3 rings (SSSR count). The minimum atomic E-state index is -0.288. The van der Waals surface area contributed by atoms with E-state index in [-0.39, 0.29) is 11.7 Å². The van der Waals surface area contributed by atoms with Crippen molar-refractivity contribution in [2.45, 2.75) is 26.8 Å². The molecular formula is C23H25FN4O. The van der Waals surface area contributed by atoms with Crippen LogP contribution in [0.4, 0.5) is 10.3 Å². The zero-order valence-corrected chi connectivity index (χ0v) is 16.7.